The van der Waals surface area contributed by atoms with Crippen LogP contribution in [0, 0.1) is 6.57 Å². The second kappa shape index (κ2) is 7.85. The highest BCUT2D eigenvalue weighted by Crippen LogP contribution is 2.18. The summed E-state index contributed by atoms with van der Waals surface area (Å²) in [6, 6.07) is 0.342. The van der Waals surface area contributed by atoms with Gasteiger partial charge in [0.25, 0.3) is 0 Å². The van der Waals surface area contributed by atoms with Crippen molar-refractivity contribution in [2.24, 2.45) is 0 Å². The van der Waals surface area contributed by atoms with Gasteiger partial charge in [0, 0.05) is 12.8 Å². The third kappa shape index (κ3) is 5.27. The van der Waals surface area contributed by atoms with Gasteiger partial charge >= 0.3 is 0 Å². The van der Waals surface area contributed by atoms with Crippen LogP contribution < -0.4 is 0 Å². The normalized spacial score (nSPS) is 23.1. The Balaban J connectivity index is 2.21. The van der Waals surface area contributed by atoms with E-state index in [1.807, 2.05) is 0 Å². The Bertz CT molecular complexity index is 157. The van der Waals surface area contributed by atoms with Gasteiger partial charge in [-0.1, -0.05) is 44.9 Å². The van der Waals surface area contributed by atoms with Crippen molar-refractivity contribution in [3.63, 3.8) is 0 Å². The maximum atomic E-state index is 7.11. The van der Waals surface area contributed by atoms with Gasteiger partial charge in [0.15, 0.2) is 0 Å². The van der Waals surface area contributed by atoms with E-state index in [0.29, 0.717) is 6.04 Å². The van der Waals surface area contributed by atoms with Crippen LogP contribution in [0.3, 0.4) is 0 Å². The third-order valence-corrected chi connectivity index (χ3v) is 3.26. The van der Waals surface area contributed by atoms with Gasteiger partial charge in [-0.3, -0.25) is 0 Å². The fourth-order valence-electron chi connectivity index (χ4n) is 2.27. The smallest absolute Gasteiger partial charge is 0.223 e. The van der Waals surface area contributed by atoms with Crippen molar-refractivity contribution < 1.29 is 0 Å². The number of rotatable bonds is 0. The summed E-state index contributed by atoms with van der Waals surface area (Å²) in [5.74, 6) is 0. The molecule has 0 aliphatic heterocycles. The number of hydrogen-bond donors (Lipinski definition) is 0. The molecule has 1 nitrogen and oxygen atoms in total. The van der Waals surface area contributed by atoms with E-state index < -0.39 is 0 Å². The highest BCUT2D eigenvalue weighted by atomic mass is 14.7. The molecular formula is C13H23N. The highest BCUT2D eigenvalue weighted by molar-refractivity contribution is 4.78. The molecule has 1 saturated carbocycles. The first-order valence-corrected chi connectivity index (χ1v) is 6.30. The van der Waals surface area contributed by atoms with Crippen LogP contribution in [0.15, 0.2) is 0 Å². The molecule has 0 spiro atoms. The Morgan fingerprint density at radius 3 is 1.36 bits per heavy atom. The molecule has 0 radical (unpaired) electrons. The molecule has 0 aromatic heterocycles. The zero-order valence-electron chi connectivity index (χ0n) is 9.30. The SMILES string of the molecule is [C-]#[N+]C1CCCCCCCCCCC1. The molecule has 0 unspecified atom stereocenters. The summed E-state index contributed by atoms with van der Waals surface area (Å²) in [7, 11) is 0. The fourth-order valence-corrected chi connectivity index (χ4v) is 2.27. The Morgan fingerprint density at radius 1 is 0.643 bits per heavy atom. The molecule has 1 heteroatoms. The van der Waals surface area contributed by atoms with E-state index in [1.54, 1.807) is 0 Å². The molecule has 0 atom stereocenters. The average molecular weight is 193 g/mol. The minimum atomic E-state index is 0.342. The van der Waals surface area contributed by atoms with E-state index in [4.69, 9.17) is 6.57 Å². The monoisotopic (exact) mass is 193 g/mol. The van der Waals surface area contributed by atoms with E-state index in [1.165, 1.54) is 57.8 Å². The summed E-state index contributed by atoms with van der Waals surface area (Å²) in [5.41, 5.74) is 0. The van der Waals surface area contributed by atoms with Gasteiger partial charge in [-0.25, -0.2) is 6.57 Å². The van der Waals surface area contributed by atoms with Crippen LogP contribution in [0.1, 0.15) is 70.6 Å². The minimum absolute atomic E-state index is 0.342. The van der Waals surface area contributed by atoms with Crippen LogP contribution in [0.2, 0.25) is 0 Å². The Kier molecular flexibility index (Phi) is 6.49. The summed E-state index contributed by atoms with van der Waals surface area (Å²) in [6.45, 7) is 7.11. The van der Waals surface area contributed by atoms with Crippen LogP contribution in [0.5, 0.6) is 0 Å². The first-order valence-electron chi connectivity index (χ1n) is 6.30. The lowest BCUT2D eigenvalue weighted by atomic mass is 9.98. The van der Waals surface area contributed by atoms with Crippen molar-refractivity contribution in [1.29, 1.82) is 0 Å². The lowest BCUT2D eigenvalue weighted by Gasteiger charge is -2.08. The molecule has 0 aromatic rings. The Labute approximate surface area is 88.7 Å². The van der Waals surface area contributed by atoms with Gasteiger partial charge in [-0.15, -0.1) is 0 Å². The standard InChI is InChI=1S/C13H23N/c1-14-13-11-9-7-5-3-2-4-6-8-10-12-13/h13H,2-12H2. The average Bonchev–Trinajstić information content (AvgIpc) is 2.19. The van der Waals surface area contributed by atoms with Gasteiger partial charge < -0.3 is 4.85 Å². The van der Waals surface area contributed by atoms with Crippen molar-refractivity contribution in [3.8, 4) is 0 Å². The summed E-state index contributed by atoms with van der Waals surface area (Å²) in [6.07, 6.45) is 14.7. The van der Waals surface area contributed by atoms with Crippen LogP contribution >= 0.6 is 0 Å². The number of hydrogen-bond acceptors (Lipinski definition) is 0. The van der Waals surface area contributed by atoms with Crippen LogP contribution in [0.25, 0.3) is 4.85 Å². The van der Waals surface area contributed by atoms with Crippen molar-refractivity contribution in [2.75, 3.05) is 0 Å². The van der Waals surface area contributed by atoms with E-state index >= 15 is 0 Å². The van der Waals surface area contributed by atoms with Crippen molar-refractivity contribution in [3.05, 3.63) is 11.4 Å². The molecule has 0 saturated heterocycles. The molecule has 1 aliphatic carbocycles. The quantitative estimate of drug-likeness (QED) is 0.496. The highest BCUT2D eigenvalue weighted by Gasteiger charge is 2.11. The summed E-state index contributed by atoms with van der Waals surface area (Å²) in [4.78, 5) is 3.73. The molecule has 0 N–H and O–H groups in total. The van der Waals surface area contributed by atoms with Gasteiger partial charge in [0.05, 0.1) is 0 Å². The summed E-state index contributed by atoms with van der Waals surface area (Å²) < 4.78 is 0. The molecule has 1 fully saturated rings. The topological polar surface area (TPSA) is 4.36 Å². The molecule has 14 heavy (non-hydrogen) atoms. The van der Waals surface area contributed by atoms with Crippen molar-refractivity contribution in [2.45, 2.75) is 76.7 Å². The van der Waals surface area contributed by atoms with Crippen LogP contribution in [-0.4, -0.2) is 6.04 Å². The first-order chi connectivity index (χ1) is 6.93. The molecule has 0 heterocycles. The second-order valence-electron chi connectivity index (χ2n) is 4.54. The lowest BCUT2D eigenvalue weighted by molar-refractivity contribution is 0.491. The van der Waals surface area contributed by atoms with Gasteiger partial charge in [-0.2, -0.15) is 0 Å². The van der Waals surface area contributed by atoms with E-state index in [2.05, 4.69) is 4.85 Å². The second-order valence-corrected chi connectivity index (χ2v) is 4.54. The largest absolute Gasteiger partial charge is 0.314 e. The summed E-state index contributed by atoms with van der Waals surface area (Å²) in [5, 5.41) is 0. The fraction of sp³-hybridized carbons (Fsp3) is 0.923. The van der Waals surface area contributed by atoms with Crippen LogP contribution in [-0.2, 0) is 0 Å². The number of nitrogens with zero attached hydrogens (tertiary/aromatic N) is 1. The molecule has 0 amide bonds. The van der Waals surface area contributed by atoms with Gasteiger partial charge in [-0.05, 0) is 12.8 Å². The van der Waals surface area contributed by atoms with E-state index in [-0.39, 0.29) is 0 Å². The van der Waals surface area contributed by atoms with Crippen molar-refractivity contribution >= 4 is 0 Å². The molecule has 0 aromatic carbocycles. The minimum Gasteiger partial charge on any atom is -0.314 e. The maximum absolute atomic E-state index is 7.11. The lowest BCUT2D eigenvalue weighted by Crippen LogP contribution is -2.02. The molecular weight excluding hydrogens is 170 g/mol. The first kappa shape index (κ1) is 11.6. The molecule has 1 aliphatic rings. The molecule has 0 bridgehead atoms. The predicted molar refractivity (Wildman–Crippen MR) is 61.2 cm³/mol. The van der Waals surface area contributed by atoms with E-state index in [0.717, 1.165) is 12.8 Å². The summed E-state index contributed by atoms with van der Waals surface area (Å²) >= 11 is 0. The zero-order chi connectivity index (χ0) is 10.1. The van der Waals surface area contributed by atoms with Crippen LogP contribution in [0.4, 0.5) is 0 Å². The van der Waals surface area contributed by atoms with E-state index in [9.17, 15) is 0 Å². The van der Waals surface area contributed by atoms with Gasteiger partial charge in [0.1, 0.15) is 0 Å². The molecule has 1 rings (SSSR count). The third-order valence-electron chi connectivity index (χ3n) is 3.26. The Morgan fingerprint density at radius 2 is 1.00 bits per heavy atom. The Hall–Kier alpha value is -0.510. The van der Waals surface area contributed by atoms with Crippen molar-refractivity contribution in [1.82, 2.24) is 0 Å². The van der Waals surface area contributed by atoms with Gasteiger partial charge in [0.2, 0.25) is 6.04 Å². The predicted octanol–water partition coefficient (Wildman–Crippen LogP) is 4.58. The molecule has 80 valence electrons. The maximum Gasteiger partial charge on any atom is 0.223 e. The zero-order valence-corrected chi connectivity index (χ0v) is 9.30.